The van der Waals surface area contributed by atoms with Gasteiger partial charge in [-0.05, 0) is 42.0 Å². The van der Waals surface area contributed by atoms with Gasteiger partial charge in [0, 0.05) is 0 Å². The molecule has 0 aromatic heterocycles. The van der Waals surface area contributed by atoms with E-state index in [1.165, 1.54) is 10.4 Å². The van der Waals surface area contributed by atoms with Crippen molar-refractivity contribution >= 4 is 27.3 Å². The van der Waals surface area contributed by atoms with Crippen LogP contribution in [0.2, 0.25) is 0 Å². The number of rotatable bonds is 5. The topological polar surface area (TPSA) is 94.2 Å². The minimum atomic E-state index is -4.06. The van der Waals surface area contributed by atoms with E-state index in [2.05, 4.69) is 5.32 Å². The van der Waals surface area contributed by atoms with E-state index >= 15 is 0 Å². The Morgan fingerprint density at radius 3 is 2.52 bits per heavy atom. The summed E-state index contributed by atoms with van der Waals surface area (Å²) in [5.41, 5.74) is 1.35. The minimum absolute atomic E-state index is 0.0392. The van der Waals surface area contributed by atoms with Gasteiger partial charge >= 0.3 is 0 Å². The summed E-state index contributed by atoms with van der Waals surface area (Å²) in [6, 6.07) is 18.8. The average Bonchev–Trinajstić information content (AvgIpc) is 3.25. The molecule has 3 aromatic carbocycles. The number of carbonyl (C=O) groups excluding carboxylic acids is 1. The molecule has 0 saturated carbocycles. The van der Waals surface area contributed by atoms with E-state index in [0.717, 1.165) is 5.56 Å². The Bertz CT molecular complexity index is 1260. The fourth-order valence-corrected chi connectivity index (χ4v) is 5.14. The Balaban J connectivity index is 1.59. The predicted octanol–water partition coefficient (Wildman–Crippen LogP) is 3.14. The molecular formula is C22H18N2O6S. The first-order valence-electron chi connectivity index (χ1n) is 9.54. The molecule has 3 aromatic rings. The monoisotopic (exact) mass is 438 g/mol. The van der Waals surface area contributed by atoms with Gasteiger partial charge in [-0.2, -0.15) is 0 Å². The fourth-order valence-electron chi connectivity index (χ4n) is 3.52. The number of amides is 1. The van der Waals surface area contributed by atoms with Gasteiger partial charge in [-0.3, -0.25) is 9.10 Å². The van der Waals surface area contributed by atoms with Gasteiger partial charge in [0.05, 0.1) is 12.2 Å². The second kappa shape index (κ2) is 7.51. The molecule has 2 aliphatic heterocycles. The largest absolute Gasteiger partial charge is 0.482 e. The lowest BCUT2D eigenvalue weighted by Crippen LogP contribution is -2.33. The predicted molar refractivity (Wildman–Crippen MR) is 113 cm³/mol. The molecule has 0 aliphatic carbocycles. The summed E-state index contributed by atoms with van der Waals surface area (Å²) in [6.45, 7) is 0.0346. The highest BCUT2D eigenvalue weighted by atomic mass is 32.2. The Morgan fingerprint density at radius 2 is 1.68 bits per heavy atom. The smallest absolute Gasteiger partial charge is 0.266 e. The van der Waals surface area contributed by atoms with Crippen LogP contribution >= 0.6 is 0 Å². The van der Waals surface area contributed by atoms with Crippen LogP contribution in [0.4, 0.5) is 11.4 Å². The lowest BCUT2D eigenvalue weighted by molar-refractivity contribution is -0.118. The van der Waals surface area contributed by atoms with E-state index < -0.39 is 15.9 Å². The van der Waals surface area contributed by atoms with Crippen molar-refractivity contribution in [3.8, 4) is 17.2 Å². The standard InChI is InChI=1S/C22H18N2O6S/c25-21-13-28-18-7-4-8-20(22(18)23-21)31(26,27)24(16-5-2-1-3-6-16)12-15-9-10-17-19(11-15)30-14-29-17/h1-11H,12-14H2,(H,23,25). The Hall–Kier alpha value is -3.72. The first kappa shape index (κ1) is 19.3. The maximum atomic E-state index is 13.8. The lowest BCUT2D eigenvalue weighted by Gasteiger charge is -2.27. The quantitative estimate of drug-likeness (QED) is 0.658. The third-order valence-corrected chi connectivity index (χ3v) is 6.80. The lowest BCUT2D eigenvalue weighted by atomic mass is 10.2. The molecule has 31 heavy (non-hydrogen) atoms. The van der Waals surface area contributed by atoms with Gasteiger partial charge in [0.25, 0.3) is 15.9 Å². The van der Waals surface area contributed by atoms with Gasteiger partial charge in [-0.25, -0.2) is 8.42 Å². The zero-order valence-electron chi connectivity index (χ0n) is 16.3. The van der Waals surface area contributed by atoms with Crippen molar-refractivity contribution in [2.75, 3.05) is 23.0 Å². The molecule has 0 unspecified atom stereocenters. The third kappa shape index (κ3) is 3.53. The second-order valence-corrected chi connectivity index (χ2v) is 8.83. The van der Waals surface area contributed by atoms with Crippen LogP contribution in [0.25, 0.3) is 0 Å². The number of carbonyl (C=O) groups is 1. The van der Waals surface area contributed by atoms with Crippen LogP contribution < -0.4 is 23.8 Å². The van der Waals surface area contributed by atoms with Crippen molar-refractivity contribution in [1.82, 2.24) is 0 Å². The molecule has 0 saturated heterocycles. The van der Waals surface area contributed by atoms with E-state index in [-0.39, 0.29) is 30.5 Å². The zero-order chi connectivity index (χ0) is 21.4. The summed E-state index contributed by atoms with van der Waals surface area (Å²) in [7, 11) is -4.06. The highest BCUT2D eigenvalue weighted by molar-refractivity contribution is 7.93. The summed E-state index contributed by atoms with van der Waals surface area (Å²) in [6.07, 6.45) is 0. The van der Waals surface area contributed by atoms with Crippen LogP contribution in [-0.4, -0.2) is 27.7 Å². The number of para-hydroxylation sites is 2. The number of anilines is 2. The van der Waals surface area contributed by atoms with Crippen molar-refractivity contribution in [1.29, 1.82) is 0 Å². The first-order chi connectivity index (χ1) is 15.0. The molecule has 0 atom stereocenters. The molecule has 0 bridgehead atoms. The molecule has 5 rings (SSSR count). The Kier molecular flexibility index (Phi) is 4.67. The van der Waals surface area contributed by atoms with Crippen LogP contribution in [0, 0.1) is 0 Å². The summed E-state index contributed by atoms with van der Waals surface area (Å²) >= 11 is 0. The van der Waals surface area contributed by atoms with Gasteiger partial charge in [0.2, 0.25) is 6.79 Å². The molecule has 2 aliphatic rings. The molecule has 158 valence electrons. The number of sulfonamides is 1. The number of nitrogens with one attached hydrogen (secondary N) is 1. The number of fused-ring (bicyclic) bond motifs is 2. The highest BCUT2D eigenvalue weighted by Crippen LogP contribution is 2.38. The molecule has 0 fully saturated rings. The average molecular weight is 438 g/mol. The Labute approximate surface area is 179 Å². The number of ether oxygens (including phenoxy) is 3. The van der Waals surface area contributed by atoms with Gasteiger partial charge in [0.1, 0.15) is 16.3 Å². The normalized spacial score (nSPS) is 14.4. The molecule has 8 nitrogen and oxygen atoms in total. The van der Waals surface area contributed by atoms with Crippen molar-refractivity contribution < 1.29 is 27.4 Å². The second-order valence-electron chi connectivity index (χ2n) is 7.00. The van der Waals surface area contributed by atoms with Gasteiger partial charge in [-0.1, -0.05) is 30.3 Å². The highest BCUT2D eigenvalue weighted by Gasteiger charge is 2.32. The molecule has 2 heterocycles. The molecular weight excluding hydrogens is 420 g/mol. The van der Waals surface area contributed by atoms with Crippen molar-refractivity contribution in [2.45, 2.75) is 11.4 Å². The third-order valence-electron chi connectivity index (χ3n) is 4.99. The number of hydrogen-bond acceptors (Lipinski definition) is 6. The fraction of sp³-hybridized carbons (Fsp3) is 0.136. The summed E-state index contributed by atoms with van der Waals surface area (Å²) in [5, 5.41) is 2.63. The SMILES string of the molecule is O=C1COc2cccc(S(=O)(=O)N(Cc3ccc4c(c3)OCO4)c3ccccc3)c2N1. The number of hydrogen-bond donors (Lipinski definition) is 1. The van der Waals surface area contributed by atoms with E-state index in [0.29, 0.717) is 22.9 Å². The van der Waals surface area contributed by atoms with Crippen LogP contribution in [0.3, 0.4) is 0 Å². The van der Waals surface area contributed by atoms with E-state index in [1.54, 1.807) is 54.6 Å². The van der Waals surface area contributed by atoms with Crippen LogP contribution in [0.5, 0.6) is 17.2 Å². The molecule has 0 spiro atoms. The summed E-state index contributed by atoms with van der Waals surface area (Å²) < 4.78 is 45.1. The molecule has 9 heteroatoms. The van der Waals surface area contributed by atoms with E-state index in [9.17, 15) is 13.2 Å². The Morgan fingerprint density at radius 1 is 0.871 bits per heavy atom. The van der Waals surface area contributed by atoms with Crippen molar-refractivity contribution in [2.24, 2.45) is 0 Å². The zero-order valence-corrected chi connectivity index (χ0v) is 17.1. The molecule has 1 amide bonds. The van der Waals surface area contributed by atoms with Gasteiger partial charge in [-0.15, -0.1) is 0 Å². The van der Waals surface area contributed by atoms with Crippen molar-refractivity contribution in [3.63, 3.8) is 0 Å². The van der Waals surface area contributed by atoms with Crippen molar-refractivity contribution in [3.05, 3.63) is 72.3 Å². The van der Waals surface area contributed by atoms with Crippen LogP contribution in [0.1, 0.15) is 5.56 Å². The molecule has 1 N–H and O–H groups in total. The number of nitrogens with zero attached hydrogens (tertiary/aromatic N) is 1. The molecule has 0 radical (unpaired) electrons. The number of benzene rings is 3. The van der Waals surface area contributed by atoms with E-state index in [4.69, 9.17) is 14.2 Å². The maximum Gasteiger partial charge on any atom is 0.266 e. The first-order valence-corrected chi connectivity index (χ1v) is 11.0. The van der Waals surface area contributed by atoms with E-state index in [1.807, 2.05) is 6.07 Å². The van der Waals surface area contributed by atoms with Gasteiger partial charge < -0.3 is 19.5 Å². The maximum absolute atomic E-state index is 13.8. The van der Waals surface area contributed by atoms with Crippen LogP contribution in [0.15, 0.2) is 71.6 Å². The summed E-state index contributed by atoms with van der Waals surface area (Å²) in [4.78, 5) is 11.8. The van der Waals surface area contributed by atoms with Gasteiger partial charge in [0.15, 0.2) is 18.1 Å². The van der Waals surface area contributed by atoms with Crippen LogP contribution in [-0.2, 0) is 21.4 Å². The minimum Gasteiger partial charge on any atom is -0.482 e. The summed E-state index contributed by atoms with van der Waals surface area (Å²) in [5.74, 6) is 1.10.